The number of carbonyl (C=O) groups excluding carboxylic acids is 2. The molecule has 1 N–H and O–H groups in total. The zero-order valence-corrected chi connectivity index (χ0v) is 11.2. The molecule has 1 aromatic rings. The second-order valence-electron chi connectivity index (χ2n) is 3.84. The van der Waals surface area contributed by atoms with Crippen molar-refractivity contribution in [1.29, 1.82) is 0 Å². The highest BCUT2D eigenvalue weighted by Gasteiger charge is 2.20. The van der Waals surface area contributed by atoms with Crippen LogP contribution in [0.5, 0.6) is 0 Å². The second kappa shape index (κ2) is 7.01. The van der Waals surface area contributed by atoms with Gasteiger partial charge in [-0.25, -0.2) is 4.79 Å². The smallest absolute Gasteiger partial charge is 0.328 e. The maximum atomic E-state index is 11.7. The molecule has 0 aliphatic rings. The van der Waals surface area contributed by atoms with Crippen molar-refractivity contribution in [2.24, 2.45) is 0 Å². The van der Waals surface area contributed by atoms with Crippen LogP contribution in [0.2, 0.25) is 5.02 Å². The van der Waals surface area contributed by atoms with Crippen molar-refractivity contribution < 1.29 is 14.3 Å². The summed E-state index contributed by atoms with van der Waals surface area (Å²) in [6.07, 6.45) is 0.385. The number of hydrogen-bond donors (Lipinski definition) is 1. The van der Waals surface area contributed by atoms with E-state index in [-0.39, 0.29) is 12.5 Å². The van der Waals surface area contributed by atoms with Crippen molar-refractivity contribution >= 4 is 23.5 Å². The molecule has 0 saturated heterocycles. The Morgan fingerprint density at radius 3 is 2.44 bits per heavy atom. The molecule has 1 atom stereocenters. The number of amides is 1. The molecule has 98 valence electrons. The van der Waals surface area contributed by atoms with E-state index >= 15 is 0 Å². The molecule has 0 aromatic heterocycles. The van der Waals surface area contributed by atoms with Crippen LogP contribution in [0.1, 0.15) is 19.4 Å². The molecule has 1 rings (SSSR count). The summed E-state index contributed by atoms with van der Waals surface area (Å²) in [5, 5.41) is 3.21. The van der Waals surface area contributed by atoms with E-state index in [0.717, 1.165) is 5.56 Å². The Labute approximate surface area is 111 Å². The number of carbonyl (C=O) groups is 2. The van der Waals surface area contributed by atoms with Gasteiger partial charge in [-0.1, -0.05) is 23.7 Å². The van der Waals surface area contributed by atoms with E-state index in [4.69, 9.17) is 16.3 Å². The van der Waals surface area contributed by atoms with E-state index in [0.29, 0.717) is 11.4 Å². The lowest BCUT2D eigenvalue weighted by Gasteiger charge is -2.16. The highest BCUT2D eigenvalue weighted by atomic mass is 35.5. The topological polar surface area (TPSA) is 55.4 Å². The zero-order chi connectivity index (χ0) is 13.5. The lowest BCUT2D eigenvalue weighted by Crippen LogP contribution is -2.42. The van der Waals surface area contributed by atoms with Crippen molar-refractivity contribution in [3.05, 3.63) is 34.9 Å². The minimum Gasteiger partial charge on any atom is -0.464 e. The van der Waals surface area contributed by atoms with E-state index in [2.05, 4.69) is 5.32 Å². The SMILES string of the molecule is CCOC(=O)[C@H](Cc1ccc(Cl)cc1)NC(C)=O. The van der Waals surface area contributed by atoms with Gasteiger partial charge >= 0.3 is 5.97 Å². The van der Waals surface area contributed by atoms with Gasteiger partial charge in [0.1, 0.15) is 6.04 Å². The number of esters is 1. The van der Waals surface area contributed by atoms with Gasteiger partial charge in [-0.3, -0.25) is 4.79 Å². The molecule has 1 amide bonds. The van der Waals surface area contributed by atoms with Crippen molar-refractivity contribution in [3.63, 3.8) is 0 Å². The molecule has 0 fully saturated rings. The number of nitrogens with one attached hydrogen (secondary N) is 1. The van der Waals surface area contributed by atoms with Gasteiger partial charge in [0.2, 0.25) is 5.91 Å². The summed E-state index contributed by atoms with van der Waals surface area (Å²) in [5.41, 5.74) is 0.909. The van der Waals surface area contributed by atoms with Crippen LogP contribution in [0, 0.1) is 0 Å². The first-order valence-corrected chi connectivity index (χ1v) is 6.09. The fraction of sp³-hybridized carbons (Fsp3) is 0.385. The molecule has 1 aromatic carbocycles. The molecular formula is C13H16ClNO3. The van der Waals surface area contributed by atoms with Crippen molar-refractivity contribution in [2.75, 3.05) is 6.61 Å². The van der Waals surface area contributed by atoms with Gasteiger partial charge in [-0.05, 0) is 24.6 Å². The standard InChI is InChI=1S/C13H16ClNO3/c1-3-18-13(17)12(15-9(2)16)8-10-4-6-11(14)7-5-10/h4-7,12H,3,8H2,1-2H3,(H,15,16)/t12-/m0/s1. The first-order valence-electron chi connectivity index (χ1n) is 5.71. The molecule has 0 spiro atoms. The summed E-state index contributed by atoms with van der Waals surface area (Å²) in [5.74, 6) is -0.690. The molecule has 18 heavy (non-hydrogen) atoms. The van der Waals surface area contributed by atoms with Crippen LogP contribution in [0.15, 0.2) is 24.3 Å². The van der Waals surface area contributed by atoms with Crippen molar-refractivity contribution in [2.45, 2.75) is 26.3 Å². The zero-order valence-electron chi connectivity index (χ0n) is 10.4. The highest BCUT2D eigenvalue weighted by molar-refractivity contribution is 6.30. The maximum Gasteiger partial charge on any atom is 0.328 e. The Morgan fingerprint density at radius 2 is 1.94 bits per heavy atom. The third kappa shape index (κ3) is 4.75. The molecule has 0 heterocycles. The molecular weight excluding hydrogens is 254 g/mol. The third-order valence-electron chi connectivity index (χ3n) is 2.30. The Kier molecular flexibility index (Phi) is 5.65. The molecule has 0 radical (unpaired) electrons. The normalized spacial score (nSPS) is 11.7. The Morgan fingerprint density at radius 1 is 1.33 bits per heavy atom. The summed E-state index contributed by atoms with van der Waals surface area (Å²) in [6, 6.07) is 6.45. The van der Waals surface area contributed by atoms with Crippen LogP contribution in [-0.2, 0) is 20.7 Å². The number of rotatable bonds is 5. The minimum atomic E-state index is -0.663. The number of benzene rings is 1. The lowest BCUT2D eigenvalue weighted by atomic mass is 10.1. The molecule has 0 aliphatic carbocycles. The van der Waals surface area contributed by atoms with Gasteiger partial charge in [0, 0.05) is 18.4 Å². The highest BCUT2D eigenvalue weighted by Crippen LogP contribution is 2.11. The van der Waals surface area contributed by atoms with E-state index in [1.165, 1.54) is 6.92 Å². The molecule has 0 unspecified atom stereocenters. The largest absolute Gasteiger partial charge is 0.464 e. The molecule has 4 nitrogen and oxygen atoms in total. The average molecular weight is 270 g/mol. The van der Waals surface area contributed by atoms with Crippen molar-refractivity contribution in [3.8, 4) is 0 Å². The van der Waals surface area contributed by atoms with Gasteiger partial charge in [0.15, 0.2) is 0 Å². The van der Waals surface area contributed by atoms with E-state index in [1.54, 1.807) is 19.1 Å². The number of ether oxygens (including phenoxy) is 1. The van der Waals surface area contributed by atoms with E-state index in [1.807, 2.05) is 12.1 Å². The number of halogens is 1. The fourth-order valence-electron chi connectivity index (χ4n) is 1.54. The molecule has 5 heteroatoms. The quantitative estimate of drug-likeness (QED) is 0.832. The van der Waals surface area contributed by atoms with E-state index in [9.17, 15) is 9.59 Å². The first kappa shape index (κ1) is 14.5. The third-order valence-corrected chi connectivity index (χ3v) is 2.55. The molecule has 0 saturated carbocycles. The predicted molar refractivity (Wildman–Crippen MR) is 69.4 cm³/mol. The van der Waals surface area contributed by atoms with Crippen LogP contribution < -0.4 is 5.32 Å². The Bertz CT molecular complexity index is 417. The fourth-order valence-corrected chi connectivity index (χ4v) is 1.66. The van der Waals surface area contributed by atoms with Gasteiger partial charge < -0.3 is 10.1 Å². The van der Waals surface area contributed by atoms with E-state index < -0.39 is 12.0 Å². The summed E-state index contributed by atoms with van der Waals surface area (Å²) >= 11 is 5.78. The Balaban J connectivity index is 2.74. The first-order chi connectivity index (χ1) is 8.52. The summed E-state index contributed by atoms with van der Waals surface area (Å²) in [6.45, 7) is 3.38. The van der Waals surface area contributed by atoms with Crippen LogP contribution in [0.4, 0.5) is 0 Å². The van der Waals surface area contributed by atoms with Crippen molar-refractivity contribution in [1.82, 2.24) is 5.32 Å². The Hall–Kier alpha value is -1.55. The summed E-state index contributed by atoms with van der Waals surface area (Å²) < 4.78 is 4.92. The lowest BCUT2D eigenvalue weighted by molar-refractivity contribution is -0.147. The molecule has 0 aliphatic heterocycles. The van der Waals surface area contributed by atoms with Crippen LogP contribution in [0.3, 0.4) is 0 Å². The molecule has 0 bridgehead atoms. The van der Waals surface area contributed by atoms with Crippen LogP contribution in [0.25, 0.3) is 0 Å². The van der Waals surface area contributed by atoms with Gasteiger partial charge in [0.25, 0.3) is 0 Å². The van der Waals surface area contributed by atoms with Crippen LogP contribution in [-0.4, -0.2) is 24.5 Å². The van der Waals surface area contributed by atoms with Crippen LogP contribution >= 0.6 is 11.6 Å². The monoisotopic (exact) mass is 269 g/mol. The van der Waals surface area contributed by atoms with Gasteiger partial charge in [-0.15, -0.1) is 0 Å². The van der Waals surface area contributed by atoms with Gasteiger partial charge in [0.05, 0.1) is 6.61 Å². The second-order valence-corrected chi connectivity index (χ2v) is 4.27. The minimum absolute atomic E-state index is 0.262. The maximum absolute atomic E-state index is 11.7. The number of hydrogen-bond acceptors (Lipinski definition) is 3. The summed E-state index contributed by atoms with van der Waals surface area (Å²) in [7, 11) is 0. The van der Waals surface area contributed by atoms with Gasteiger partial charge in [-0.2, -0.15) is 0 Å². The average Bonchev–Trinajstić information content (AvgIpc) is 2.31. The summed E-state index contributed by atoms with van der Waals surface area (Å²) in [4.78, 5) is 22.8. The predicted octanol–water partition coefficient (Wildman–Crippen LogP) is 1.95.